The Morgan fingerprint density at radius 3 is 2.93 bits per heavy atom. The van der Waals surface area contributed by atoms with Gasteiger partial charge < -0.3 is 0 Å². The van der Waals surface area contributed by atoms with Crippen molar-refractivity contribution in [3.8, 4) is 0 Å². The molecule has 79 valence electrons. The van der Waals surface area contributed by atoms with E-state index in [2.05, 4.69) is 13.0 Å². The highest BCUT2D eigenvalue weighted by molar-refractivity contribution is 5.68. The molecule has 1 aliphatic rings. The van der Waals surface area contributed by atoms with Crippen LogP contribution in [-0.4, -0.2) is 0 Å². The maximum Gasteiger partial charge on any atom is 0.123 e. The molecule has 15 heavy (non-hydrogen) atoms. The van der Waals surface area contributed by atoms with Crippen molar-refractivity contribution < 1.29 is 4.39 Å². The molecule has 0 fully saturated rings. The zero-order valence-corrected chi connectivity index (χ0v) is 9.31. The van der Waals surface area contributed by atoms with Crippen LogP contribution in [0.1, 0.15) is 37.3 Å². The molecule has 1 aliphatic carbocycles. The molecule has 1 aromatic carbocycles. The lowest BCUT2D eigenvalue weighted by Gasteiger charge is -2.21. The first-order valence-corrected chi connectivity index (χ1v) is 5.55. The molecular formula is C14H16F. The van der Waals surface area contributed by atoms with E-state index in [1.54, 1.807) is 6.07 Å². The smallest absolute Gasteiger partial charge is 0.123 e. The number of halogens is 1. The van der Waals surface area contributed by atoms with Crippen molar-refractivity contribution in [1.29, 1.82) is 0 Å². The summed E-state index contributed by atoms with van der Waals surface area (Å²) in [6, 6.07) is 5.01. The average Bonchev–Trinajstić information content (AvgIpc) is 2.23. The average molecular weight is 203 g/mol. The fraction of sp³-hybridized carbons (Fsp3) is 0.429. The van der Waals surface area contributed by atoms with Crippen LogP contribution >= 0.6 is 0 Å². The molecule has 1 unspecified atom stereocenters. The minimum absolute atomic E-state index is 0.150. The van der Waals surface area contributed by atoms with Crippen molar-refractivity contribution in [2.24, 2.45) is 5.92 Å². The first kappa shape index (κ1) is 10.4. The van der Waals surface area contributed by atoms with E-state index >= 15 is 0 Å². The van der Waals surface area contributed by atoms with Crippen LogP contribution in [0, 0.1) is 24.7 Å². The Hall–Kier alpha value is -1.11. The third kappa shape index (κ3) is 2.11. The molecule has 0 N–H and O–H groups in total. The SMILES string of the molecule is Cc1ccc(F)cc1C1=[C]CCCC1C. The third-order valence-electron chi connectivity index (χ3n) is 3.11. The number of benzene rings is 1. The second kappa shape index (κ2) is 4.18. The molecule has 2 rings (SSSR count). The number of hydrogen-bond donors (Lipinski definition) is 0. The van der Waals surface area contributed by atoms with Crippen LogP contribution in [-0.2, 0) is 0 Å². The van der Waals surface area contributed by atoms with Gasteiger partial charge in [-0.05, 0) is 67.0 Å². The van der Waals surface area contributed by atoms with E-state index in [1.165, 1.54) is 24.5 Å². The third-order valence-corrected chi connectivity index (χ3v) is 3.11. The molecule has 0 nitrogen and oxygen atoms in total. The van der Waals surface area contributed by atoms with Crippen LogP contribution in [0.25, 0.3) is 5.57 Å². The highest BCUT2D eigenvalue weighted by Gasteiger charge is 2.16. The van der Waals surface area contributed by atoms with Gasteiger partial charge in [0.25, 0.3) is 0 Å². The van der Waals surface area contributed by atoms with Crippen LogP contribution in [0.5, 0.6) is 0 Å². The van der Waals surface area contributed by atoms with Gasteiger partial charge in [0.1, 0.15) is 5.82 Å². The quantitative estimate of drug-likeness (QED) is 0.643. The lowest BCUT2D eigenvalue weighted by Crippen LogP contribution is -2.05. The van der Waals surface area contributed by atoms with Gasteiger partial charge in [0.2, 0.25) is 0 Å². The summed E-state index contributed by atoms with van der Waals surface area (Å²) in [7, 11) is 0. The molecule has 0 amide bonds. The Bertz CT molecular complexity index is 390. The van der Waals surface area contributed by atoms with Crippen LogP contribution in [0.4, 0.5) is 4.39 Å². The fourth-order valence-corrected chi connectivity index (χ4v) is 2.19. The molecule has 0 heterocycles. The van der Waals surface area contributed by atoms with Gasteiger partial charge in [0, 0.05) is 0 Å². The fourth-order valence-electron chi connectivity index (χ4n) is 2.19. The molecule has 0 saturated carbocycles. The van der Waals surface area contributed by atoms with E-state index in [4.69, 9.17) is 0 Å². The largest absolute Gasteiger partial charge is 0.207 e. The summed E-state index contributed by atoms with van der Waals surface area (Å²) in [6.07, 6.45) is 6.81. The Morgan fingerprint density at radius 2 is 2.20 bits per heavy atom. The number of rotatable bonds is 1. The van der Waals surface area contributed by atoms with Gasteiger partial charge in [-0.3, -0.25) is 0 Å². The maximum atomic E-state index is 13.2. The van der Waals surface area contributed by atoms with Crippen molar-refractivity contribution >= 4 is 5.57 Å². The summed E-state index contributed by atoms with van der Waals surface area (Å²) in [5.74, 6) is 0.363. The van der Waals surface area contributed by atoms with Crippen molar-refractivity contribution in [3.05, 3.63) is 41.2 Å². The lowest BCUT2D eigenvalue weighted by atomic mass is 9.83. The molecule has 1 heteroatoms. The van der Waals surface area contributed by atoms with Crippen molar-refractivity contribution in [3.63, 3.8) is 0 Å². The van der Waals surface area contributed by atoms with Crippen LogP contribution < -0.4 is 0 Å². The molecule has 0 aliphatic heterocycles. The number of aryl methyl sites for hydroxylation is 1. The highest BCUT2D eigenvalue weighted by Crippen LogP contribution is 2.33. The minimum Gasteiger partial charge on any atom is -0.207 e. The molecule has 0 saturated heterocycles. The molecular weight excluding hydrogens is 187 g/mol. The topological polar surface area (TPSA) is 0 Å². The van der Waals surface area contributed by atoms with E-state index in [-0.39, 0.29) is 5.82 Å². The first-order valence-electron chi connectivity index (χ1n) is 5.55. The summed E-state index contributed by atoms with van der Waals surface area (Å²) in [5.41, 5.74) is 3.40. The molecule has 0 aromatic heterocycles. The predicted molar refractivity (Wildman–Crippen MR) is 60.8 cm³/mol. The van der Waals surface area contributed by atoms with E-state index in [9.17, 15) is 4.39 Å². The van der Waals surface area contributed by atoms with E-state index in [0.29, 0.717) is 5.92 Å². The van der Waals surface area contributed by atoms with Gasteiger partial charge >= 0.3 is 0 Å². The highest BCUT2D eigenvalue weighted by atomic mass is 19.1. The number of allylic oxidation sites excluding steroid dienone is 2. The molecule has 0 bridgehead atoms. The molecule has 1 radical (unpaired) electrons. The van der Waals surface area contributed by atoms with E-state index in [1.807, 2.05) is 13.0 Å². The molecule has 0 spiro atoms. The Labute approximate surface area is 90.8 Å². The standard InChI is InChI=1S/C14H16F/c1-10-5-3-4-6-13(10)14-9-12(15)8-7-11(14)2/h7-10H,3-5H2,1-2H3. The van der Waals surface area contributed by atoms with Crippen molar-refractivity contribution in [1.82, 2.24) is 0 Å². The normalized spacial score (nSPS) is 21.3. The van der Waals surface area contributed by atoms with Crippen LogP contribution in [0.2, 0.25) is 0 Å². The van der Waals surface area contributed by atoms with Crippen LogP contribution in [0.3, 0.4) is 0 Å². The monoisotopic (exact) mass is 203 g/mol. The van der Waals surface area contributed by atoms with Gasteiger partial charge in [0.05, 0.1) is 0 Å². The van der Waals surface area contributed by atoms with Crippen molar-refractivity contribution in [2.75, 3.05) is 0 Å². The van der Waals surface area contributed by atoms with Crippen molar-refractivity contribution in [2.45, 2.75) is 33.1 Å². The maximum absolute atomic E-state index is 13.2. The predicted octanol–water partition coefficient (Wildman–Crippen LogP) is 4.14. The van der Waals surface area contributed by atoms with Gasteiger partial charge in [-0.25, -0.2) is 4.39 Å². The summed E-state index contributed by atoms with van der Waals surface area (Å²) >= 11 is 0. The molecule has 1 atom stereocenters. The summed E-state index contributed by atoms with van der Waals surface area (Å²) in [5, 5.41) is 0. The second-order valence-corrected chi connectivity index (χ2v) is 4.34. The minimum atomic E-state index is -0.150. The van der Waals surface area contributed by atoms with Gasteiger partial charge in [0.15, 0.2) is 0 Å². The Balaban J connectivity index is 2.43. The summed E-state index contributed by atoms with van der Waals surface area (Å²) < 4.78 is 13.2. The van der Waals surface area contributed by atoms with Gasteiger partial charge in [-0.1, -0.05) is 13.0 Å². The lowest BCUT2D eigenvalue weighted by molar-refractivity contribution is 0.591. The zero-order valence-electron chi connectivity index (χ0n) is 9.31. The first-order chi connectivity index (χ1) is 7.18. The Morgan fingerprint density at radius 1 is 1.40 bits per heavy atom. The van der Waals surface area contributed by atoms with E-state index < -0.39 is 0 Å². The zero-order chi connectivity index (χ0) is 10.8. The van der Waals surface area contributed by atoms with Gasteiger partial charge in [-0.2, -0.15) is 0 Å². The van der Waals surface area contributed by atoms with Crippen LogP contribution in [0.15, 0.2) is 18.2 Å². The van der Waals surface area contributed by atoms with Gasteiger partial charge in [-0.15, -0.1) is 0 Å². The summed E-state index contributed by atoms with van der Waals surface area (Å²) in [4.78, 5) is 0. The summed E-state index contributed by atoms with van der Waals surface area (Å²) in [6.45, 7) is 4.23. The molecule has 1 aromatic rings. The number of hydrogen-bond acceptors (Lipinski definition) is 0. The Kier molecular flexibility index (Phi) is 2.90. The second-order valence-electron chi connectivity index (χ2n) is 4.34. The van der Waals surface area contributed by atoms with E-state index in [0.717, 1.165) is 17.5 Å².